The number of amides is 1. The minimum atomic E-state index is -0.524. The monoisotopic (exact) mass is 199 g/mol. The number of esters is 1. The van der Waals surface area contributed by atoms with Gasteiger partial charge in [0.1, 0.15) is 11.9 Å². The van der Waals surface area contributed by atoms with Gasteiger partial charge in [0.15, 0.2) is 0 Å². The van der Waals surface area contributed by atoms with E-state index < -0.39 is 12.0 Å². The Morgan fingerprint density at radius 1 is 1.79 bits per heavy atom. The summed E-state index contributed by atoms with van der Waals surface area (Å²) in [5.74, 6) is 0.163. The number of likely N-dealkylation sites (tertiary alicyclic amines) is 1. The molecule has 1 atom stereocenters. The first-order valence-electron chi connectivity index (χ1n) is 4.29. The molecule has 1 fully saturated rings. The fraction of sp³-hybridized carbons (Fsp3) is 0.625. The predicted molar refractivity (Wildman–Crippen MR) is 49.4 cm³/mol. The molecule has 78 valence electrons. The van der Waals surface area contributed by atoms with Crippen molar-refractivity contribution in [3.8, 4) is 0 Å². The maximum absolute atomic E-state index is 11.2. The molecule has 1 aliphatic heterocycles. The van der Waals surface area contributed by atoms with Gasteiger partial charge in [-0.15, -0.1) is 0 Å². The molecule has 14 heavy (non-hydrogen) atoms. The molecule has 0 bridgehead atoms. The third kappa shape index (κ3) is 1.84. The fourth-order valence-corrected chi connectivity index (χ4v) is 1.46. The van der Waals surface area contributed by atoms with Gasteiger partial charge in [-0.05, 0) is 6.42 Å². The van der Waals surface area contributed by atoms with Gasteiger partial charge in [0.05, 0.1) is 7.11 Å². The lowest BCUT2D eigenvalue weighted by atomic mass is 10.2. The number of rotatable bonds is 3. The summed E-state index contributed by atoms with van der Waals surface area (Å²) in [6, 6.07) is -0.524. The van der Waals surface area contributed by atoms with E-state index in [1.807, 2.05) is 0 Å². The van der Waals surface area contributed by atoms with Crippen LogP contribution in [0.5, 0.6) is 0 Å². The third-order valence-electron chi connectivity index (χ3n) is 2.10. The van der Waals surface area contributed by atoms with Gasteiger partial charge in [0, 0.05) is 13.5 Å². The van der Waals surface area contributed by atoms with Crippen molar-refractivity contribution >= 4 is 18.2 Å². The summed E-state index contributed by atoms with van der Waals surface area (Å²) >= 11 is 0. The predicted octanol–water partition coefficient (Wildman–Crippen LogP) is -0.687. The molecule has 0 aromatic rings. The first kappa shape index (κ1) is 10.5. The van der Waals surface area contributed by atoms with Crippen molar-refractivity contribution in [1.82, 2.24) is 10.3 Å². The minimum Gasteiger partial charge on any atom is -0.467 e. The lowest BCUT2D eigenvalue weighted by Crippen LogP contribution is -2.38. The second kappa shape index (κ2) is 4.59. The van der Waals surface area contributed by atoms with Crippen molar-refractivity contribution in [1.29, 1.82) is 0 Å². The quantitative estimate of drug-likeness (QED) is 0.371. The summed E-state index contributed by atoms with van der Waals surface area (Å²) in [6.07, 6.45) is 1.76. The van der Waals surface area contributed by atoms with E-state index in [4.69, 9.17) is 0 Å². The molecule has 1 heterocycles. The molecule has 1 N–H and O–H groups in total. The number of amidine groups is 1. The molecule has 6 nitrogen and oxygen atoms in total. The number of carbonyl (C=O) groups is 2. The maximum atomic E-state index is 11.2. The molecule has 0 spiro atoms. The Hall–Kier alpha value is -1.59. The number of hydrogen-bond donors (Lipinski definition) is 1. The van der Waals surface area contributed by atoms with Crippen molar-refractivity contribution in [2.75, 3.05) is 14.2 Å². The zero-order chi connectivity index (χ0) is 10.6. The van der Waals surface area contributed by atoms with Gasteiger partial charge in [-0.25, -0.2) is 4.79 Å². The van der Waals surface area contributed by atoms with E-state index in [0.717, 1.165) is 0 Å². The molecule has 1 unspecified atom stereocenters. The molecule has 1 aliphatic rings. The molecular formula is C8H13N3O3. The van der Waals surface area contributed by atoms with Crippen LogP contribution in [-0.2, 0) is 14.3 Å². The van der Waals surface area contributed by atoms with Gasteiger partial charge in [0.25, 0.3) is 0 Å². The van der Waals surface area contributed by atoms with E-state index in [-0.39, 0.29) is 0 Å². The second-order valence-electron chi connectivity index (χ2n) is 2.84. The summed E-state index contributed by atoms with van der Waals surface area (Å²) in [4.78, 5) is 23.3. The molecule has 0 saturated carbocycles. The van der Waals surface area contributed by atoms with Crippen LogP contribution in [-0.4, -0.2) is 43.3 Å². The highest BCUT2D eigenvalue weighted by atomic mass is 16.5. The van der Waals surface area contributed by atoms with Crippen molar-refractivity contribution in [3.63, 3.8) is 0 Å². The van der Waals surface area contributed by atoms with Crippen molar-refractivity contribution in [3.05, 3.63) is 0 Å². The van der Waals surface area contributed by atoms with E-state index >= 15 is 0 Å². The summed E-state index contributed by atoms with van der Waals surface area (Å²) in [5, 5.41) is 3.90. The van der Waals surface area contributed by atoms with Crippen LogP contribution < -0.4 is 5.43 Å². The van der Waals surface area contributed by atoms with Gasteiger partial charge in [-0.1, -0.05) is 0 Å². The Morgan fingerprint density at radius 2 is 2.50 bits per heavy atom. The lowest BCUT2D eigenvalue weighted by molar-refractivity contribution is -0.146. The Labute approximate surface area is 81.9 Å². The van der Waals surface area contributed by atoms with Crippen LogP contribution in [0.25, 0.3) is 0 Å². The summed E-state index contributed by atoms with van der Waals surface area (Å²) < 4.78 is 4.58. The highest BCUT2D eigenvalue weighted by molar-refractivity contribution is 5.98. The molecular weight excluding hydrogens is 186 g/mol. The summed E-state index contributed by atoms with van der Waals surface area (Å²) in [6.45, 7) is 0. The third-order valence-corrected chi connectivity index (χ3v) is 2.10. The molecule has 6 heteroatoms. The molecule has 0 aliphatic carbocycles. The highest BCUT2D eigenvalue weighted by Crippen LogP contribution is 2.18. The van der Waals surface area contributed by atoms with E-state index in [1.165, 1.54) is 12.0 Å². The van der Waals surface area contributed by atoms with Crippen LogP contribution in [0.1, 0.15) is 12.8 Å². The Bertz CT molecular complexity index is 265. The average Bonchev–Trinajstić information content (AvgIpc) is 2.60. The first-order valence-corrected chi connectivity index (χ1v) is 4.29. The van der Waals surface area contributed by atoms with Crippen LogP contribution in [0.4, 0.5) is 0 Å². The zero-order valence-electron chi connectivity index (χ0n) is 8.19. The van der Waals surface area contributed by atoms with E-state index in [9.17, 15) is 9.59 Å². The SMILES string of the molecule is CN/N=C1/CCC(C(=O)OC)N1C=O. The van der Waals surface area contributed by atoms with Crippen LogP contribution in [0, 0.1) is 0 Å². The minimum absolute atomic E-state index is 0.404. The normalized spacial score (nSPS) is 23.7. The van der Waals surface area contributed by atoms with Crippen molar-refractivity contribution < 1.29 is 14.3 Å². The Kier molecular flexibility index (Phi) is 3.44. The number of ether oxygens (including phenoxy) is 1. The lowest BCUT2D eigenvalue weighted by Gasteiger charge is -2.17. The largest absolute Gasteiger partial charge is 0.467 e. The van der Waals surface area contributed by atoms with Gasteiger partial charge in [0.2, 0.25) is 6.41 Å². The Morgan fingerprint density at radius 3 is 3.00 bits per heavy atom. The van der Waals surface area contributed by atoms with E-state index in [1.54, 1.807) is 7.05 Å². The summed E-state index contributed by atoms with van der Waals surface area (Å²) in [5.41, 5.74) is 2.59. The van der Waals surface area contributed by atoms with Crippen LogP contribution in [0.2, 0.25) is 0 Å². The number of hydrogen-bond acceptors (Lipinski definition) is 5. The number of hydrazone groups is 1. The van der Waals surface area contributed by atoms with Gasteiger partial charge in [-0.3, -0.25) is 9.69 Å². The first-order chi connectivity index (χ1) is 6.74. The highest BCUT2D eigenvalue weighted by Gasteiger charge is 2.35. The zero-order valence-corrected chi connectivity index (χ0v) is 8.19. The molecule has 1 rings (SSSR count). The molecule has 1 amide bonds. The fourth-order valence-electron chi connectivity index (χ4n) is 1.46. The van der Waals surface area contributed by atoms with Crippen molar-refractivity contribution in [2.45, 2.75) is 18.9 Å². The van der Waals surface area contributed by atoms with Crippen molar-refractivity contribution in [2.24, 2.45) is 5.10 Å². The standard InChI is InChI=1S/C8H13N3O3/c1-9-10-7-4-3-6(8(13)14-2)11(7)5-12/h5-6,9H,3-4H2,1-2H3/b10-7-. The average molecular weight is 199 g/mol. The number of nitrogens with zero attached hydrogens (tertiary/aromatic N) is 2. The number of nitrogens with one attached hydrogen (secondary N) is 1. The second-order valence-corrected chi connectivity index (χ2v) is 2.84. The smallest absolute Gasteiger partial charge is 0.329 e. The van der Waals surface area contributed by atoms with Crippen LogP contribution in [0.3, 0.4) is 0 Å². The topological polar surface area (TPSA) is 71.0 Å². The van der Waals surface area contributed by atoms with Crippen LogP contribution >= 0.6 is 0 Å². The summed E-state index contributed by atoms with van der Waals surface area (Å²) in [7, 11) is 2.94. The molecule has 0 radical (unpaired) electrons. The van der Waals surface area contributed by atoms with Gasteiger partial charge in [-0.2, -0.15) is 5.10 Å². The maximum Gasteiger partial charge on any atom is 0.329 e. The van der Waals surface area contributed by atoms with E-state index in [0.29, 0.717) is 25.1 Å². The van der Waals surface area contributed by atoms with Crippen LogP contribution in [0.15, 0.2) is 5.10 Å². The van der Waals surface area contributed by atoms with Gasteiger partial charge < -0.3 is 10.2 Å². The molecule has 1 saturated heterocycles. The number of carbonyl (C=O) groups excluding carboxylic acids is 2. The molecule has 0 aromatic carbocycles. The number of methoxy groups -OCH3 is 1. The Balaban J connectivity index is 2.78. The van der Waals surface area contributed by atoms with E-state index in [2.05, 4.69) is 15.3 Å². The van der Waals surface area contributed by atoms with Gasteiger partial charge >= 0.3 is 5.97 Å². The molecule has 0 aromatic heterocycles.